The Morgan fingerprint density at radius 2 is 2.00 bits per heavy atom. The number of nitrogens with two attached hydrogens (primary N) is 1. The number of sulfone groups is 1. The van der Waals surface area contributed by atoms with Crippen LogP contribution in [0.4, 0.5) is 10.1 Å². The molecule has 0 radical (unpaired) electrons. The molecule has 0 saturated heterocycles. The van der Waals surface area contributed by atoms with E-state index in [9.17, 15) is 12.8 Å². The Bertz CT molecular complexity index is 762. The summed E-state index contributed by atoms with van der Waals surface area (Å²) in [6.45, 7) is 6.03. The molecule has 7 heteroatoms. The number of anilines is 1. The summed E-state index contributed by atoms with van der Waals surface area (Å²) in [4.78, 5) is 4.27. The summed E-state index contributed by atoms with van der Waals surface area (Å²) in [5.74, 6) is -0.970. The van der Waals surface area contributed by atoms with Crippen LogP contribution in [-0.4, -0.2) is 13.4 Å². The molecule has 0 atom stereocenters. The van der Waals surface area contributed by atoms with E-state index in [1.165, 1.54) is 23.5 Å². The molecule has 0 unspecified atom stereocenters. The predicted octanol–water partition coefficient (Wildman–Crippen LogP) is 3.14. The van der Waals surface area contributed by atoms with Crippen molar-refractivity contribution in [2.24, 2.45) is 0 Å². The second-order valence-corrected chi connectivity index (χ2v) is 8.75. The van der Waals surface area contributed by atoms with Crippen molar-refractivity contribution >= 4 is 26.9 Å². The number of nitrogen functional groups attached to an aromatic ring is 1. The van der Waals surface area contributed by atoms with E-state index in [4.69, 9.17) is 5.73 Å². The predicted molar refractivity (Wildman–Crippen MR) is 82.5 cm³/mol. The van der Waals surface area contributed by atoms with Crippen LogP contribution < -0.4 is 5.73 Å². The van der Waals surface area contributed by atoms with E-state index in [1.807, 2.05) is 26.2 Å². The standard InChI is InChI=1S/C14H17FN2O2S2/c1-14(2,3)12-7-20-13(17-12)8-21(18,19)9-4-5-11(16)10(15)6-9/h4-7H,8,16H2,1-3H3. The molecule has 114 valence electrons. The Labute approximate surface area is 127 Å². The van der Waals surface area contributed by atoms with E-state index >= 15 is 0 Å². The van der Waals surface area contributed by atoms with Crippen molar-refractivity contribution in [2.45, 2.75) is 36.8 Å². The molecule has 0 aliphatic rings. The van der Waals surface area contributed by atoms with Crippen LogP contribution >= 0.6 is 11.3 Å². The summed E-state index contributed by atoms with van der Waals surface area (Å²) in [6, 6.07) is 3.51. The van der Waals surface area contributed by atoms with Gasteiger partial charge in [0.05, 0.1) is 16.3 Å². The smallest absolute Gasteiger partial charge is 0.185 e. The maximum atomic E-state index is 13.4. The van der Waals surface area contributed by atoms with E-state index < -0.39 is 15.7 Å². The summed E-state index contributed by atoms with van der Waals surface area (Å²) in [6.07, 6.45) is 0. The molecule has 2 rings (SSSR count). The number of thiazole rings is 1. The molecule has 0 saturated carbocycles. The lowest BCUT2D eigenvalue weighted by molar-refractivity contribution is 0.570. The van der Waals surface area contributed by atoms with Gasteiger partial charge in [-0.05, 0) is 18.2 Å². The molecule has 0 aliphatic heterocycles. The third-order valence-electron chi connectivity index (χ3n) is 2.96. The van der Waals surface area contributed by atoms with Gasteiger partial charge in [-0.2, -0.15) is 0 Å². The van der Waals surface area contributed by atoms with Crippen molar-refractivity contribution in [3.8, 4) is 0 Å². The zero-order valence-electron chi connectivity index (χ0n) is 12.1. The minimum atomic E-state index is -3.63. The highest BCUT2D eigenvalue weighted by Gasteiger charge is 2.22. The fraction of sp³-hybridized carbons (Fsp3) is 0.357. The summed E-state index contributed by atoms with van der Waals surface area (Å²) in [5, 5.41) is 2.35. The molecular formula is C14H17FN2O2S2. The van der Waals surface area contributed by atoms with Gasteiger partial charge in [-0.25, -0.2) is 17.8 Å². The summed E-state index contributed by atoms with van der Waals surface area (Å²) in [5.41, 5.74) is 6.00. The largest absolute Gasteiger partial charge is 0.396 e. The molecule has 2 N–H and O–H groups in total. The van der Waals surface area contributed by atoms with Gasteiger partial charge in [0.25, 0.3) is 0 Å². The normalized spacial score (nSPS) is 12.6. The van der Waals surface area contributed by atoms with E-state index in [1.54, 1.807) is 0 Å². The van der Waals surface area contributed by atoms with Gasteiger partial charge in [0, 0.05) is 10.8 Å². The lowest BCUT2D eigenvalue weighted by atomic mass is 9.93. The average molecular weight is 328 g/mol. The van der Waals surface area contributed by atoms with E-state index in [-0.39, 0.29) is 21.8 Å². The third-order valence-corrected chi connectivity index (χ3v) is 5.62. The van der Waals surface area contributed by atoms with Gasteiger partial charge in [0.15, 0.2) is 9.84 Å². The number of aromatic nitrogens is 1. The van der Waals surface area contributed by atoms with Crippen molar-refractivity contribution in [3.63, 3.8) is 0 Å². The highest BCUT2D eigenvalue weighted by Crippen LogP contribution is 2.26. The van der Waals surface area contributed by atoms with Crippen molar-refractivity contribution in [3.05, 3.63) is 40.1 Å². The second kappa shape index (κ2) is 5.38. The van der Waals surface area contributed by atoms with Gasteiger partial charge in [-0.1, -0.05) is 20.8 Å². The first kappa shape index (κ1) is 15.9. The van der Waals surface area contributed by atoms with Crippen LogP contribution in [0.15, 0.2) is 28.5 Å². The molecule has 0 amide bonds. The van der Waals surface area contributed by atoms with Crippen LogP contribution in [0.25, 0.3) is 0 Å². The number of halogens is 1. The van der Waals surface area contributed by atoms with E-state index in [2.05, 4.69) is 4.98 Å². The molecule has 0 fully saturated rings. The van der Waals surface area contributed by atoms with Crippen LogP contribution in [0, 0.1) is 5.82 Å². The SMILES string of the molecule is CC(C)(C)c1csc(CS(=O)(=O)c2ccc(N)c(F)c2)n1. The Morgan fingerprint density at radius 1 is 1.33 bits per heavy atom. The summed E-state index contributed by atoms with van der Waals surface area (Å²) < 4.78 is 38.0. The zero-order chi connectivity index (χ0) is 15.8. The van der Waals surface area contributed by atoms with E-state index in [0.29, 0.717) is 5.01 Å². The lowest BCUT2D eigenvalue weighted by Crippen LogP contribution is -2.12. The molecule has 1 heterocycles. The highest BCUT2D eigenvalue weighted by atomic mass is 32.2. The van der Waals surface area contributed by atoms with Gasteiger partial charge in [0.2, 0.25) is 0 Å². The van der Waals surface area contributed by atoms with E-state index in [0.717, 1.165) is 11.8 Å². The number of hydrogen-bond acceptors (Lipinski definition) is 5. The van der Waals surface area contributed by atoms with Crippen molar-refractivity contribution in [1.29, 1.82) is 0 Å². The van der Waals surface area contributed by atoms with Crippen LogP contribution in [0.3, 0.4) is 0 Å². The van der Waals surface area contributed by atoms with Crippen LogP contribution in [0.5, 0.6) is 0 Å². The molecule has 0 bridgehead atoms. The first-order chi connectivity index (χ1) is 9.59. The van der Waals surface area contributed by atoms with Crippen LogP contribution in [0.1, 0.15) is 31.5 Å². The Balaban J connectivity index is 2.29. The topological polar surface area (TPSA) is 73.0 Å². The molecule has 0 spiro atoms. The number of benzene rings is 1. The minimum absolute atomic E-state index is 0.0711. The number of nitrogens with zero attached hydrogens (tertiary/aromatic N) is 1. The van der Waals surface area contributed by atoms with Gasteiger partial charge >= 0.3 is 0 Å². The zero-order valence-corrected chi connectivity index (χ0v) is 13.7. The molecule has 1 aromatic carbocycles. The maximum absolute atomic E-state index is 13.4. The fourth-order valence-corrected chi connectivity index (χ4v) is 4.33. The van der Waals surface area contributed by atoms with Gasteiger partial charge in [-0.3, -0.25) is 0 Å². The lowest BCUT2D eigenvalue weighted by Gasteiger charge is -2.14. The fourth-order valence-electron chi connectivity index (χ4n) is 1.67. The Morgan fingerprint density at radius 3 is 2.52 bits per heavy atom. The molecule has 0 aliphatic carbocycles. The molecule has 1 aromatic heterocycles. The minimum Gasteiger partial charge on any atom is -0.396 e. The molecule has 2 aromatic rings. The first-order valence-electron chi connectivity index (χ1n) is 6.32. The molecule has 4 nitrogen and oxygen atoms in total. The highest BCUT2D eigenvalue weighted by molar-refractivity contribution is 7.90. The van der Waals surface area contributed by atoms with Crippen molar-refractivity contribution in [2.75, 3.05) is 5.73 Å². The quantitative estimate of drug-likeness (QED) is 0.879. The number of hydrogen-bond donors (Lipinski definition) is 1. The molecular weight excluding hydrogens is 311 g/mol. The van der Waals surface area contributed by atoms with Crippen molar-refractivity contribution in [1.82, 2.24) is 4.98 Å². The van der Waals surface area contributed by atoms with Crippen LogP contribution in [-0.2, 0) is 21.0 Å². The van der Waals surface area contributed by atoms with Crippen LogP contribution in [0.2, 0.25) is 0 Å². The Kier molecular flexibility index (Phi) is 4.08. The summed E-state index contributed by atoms with van der Waals surface area (Å²) >= 11 is 1.30. The van der Waals surface area contributed by atoms with Gasteiger partial charge in [-0.15, -0.1) is 11.3 Å². The second-order valence-electron chi connectivity index (χ2n) is 5.82. The monoisotopic (exact) mass is 328 g/mol. The van der Waals surface area contributed by atoms with Gasteiger partial charge in [0.1, 0.15) is 16.6 Å². The maximum Gasteiger partial charge on any atom is 0.185 e. The van der Waals surface area contributed by atoms with Gasteiger partial charge < -0.3 is 5.73 Å². The first-order valence-corrected chi connectivity index (χ1v) is 8.85. The third kappa shape index (κ3) is 3.59. The van der Waals surface area contributed by atoms with Crippen molar-refractivity contribution < 1.29 is 12.8 Å². The molecule has 21 heavy (non-hydrogen) atoms. The summed E-state index contributed by atoms with van der Waals surface area (Å²) in [7, 11) is -3.63. The number of rotatable bonds is 3. The Hall–Kier alpha value is -1.47. The average Bonchev–Trinajstić information content (AvgIpc) is 2.80.